The molecule has 5 nitrogen and oxygen atoms in total. The minimum atomic E-state index is -0.420. The van der Waals surface area contributed by atoms with Gasteiger partial charge in [-0.15, -0.1) is 0 Å². The van der Waals surface area contributed by atoms with Crippen molar-refractivity contribution in [2.24, 2.45) is 28.7 Å². The predicted molar refractivity (Wildman–Crippen MR) is 242 cm³/mol. The molecule has 3 atom stereocenters. The maximum absolute atomic E-state index is 11.7. The summed E-state index contributed by atoms with van der Waals surface area (Å²) in [5.41, 5.74) is 17.3. The molecule has 0 saturated heterocycles. The van der Waals surface area contributed by atoms with Crippen molar-refractivity contribution < 1.29 is 14.3 Å². The second-order valence-electron chi connectivity index (χ2n) is 15.3. The van der Waals surface area contributed by atoms with Gasteiger partial charge in [0.25, 0.3) is 0 Å². The fourth-order valence-corrected chi connectivity index (χ4v) is 5.63. The summed E-state index contributed by atoms with van der Waals surface area (Å²) in [4.78, 5) is 23.0. The van der Waals surface area contributed by atoms with Crippen LogP contribution in [0.2, 0.25) is 0 Å². The van der Waals surface area contributed by atoms with Crippen molar-refractivity contribution >= 4 is 17.3 Å². The van der Waals surface area contributed by atoms with E-state index in [2.05, 4.69) is 115 Å². The van der Waals surface area contributed by atoms with Crippen LogP contribution in [0.25, 0.3) is 5.57 Å². The smallest absolute Gasteiger partial charge is 0.309 e. The minimum absolute atomic E-state index is 0.0892. The van der Waals surface area contributed by atoms with Gasteiger partial charge < -0.3 is 16.2 Å². The number of ketones is 1. The van der Waals surface area contributed by atoms with Gasteiger partial charge in [0.05, 0.1) is 5.92 Å². The summed E-state index contributed by atoms with van der Waals surface area (Å²) in [6, 6.07) is 17.3. The molecule has 0 aliphatic carbocycles. The van der Waals surface area contributed by atoms with E-state index in [9.17, 15) is 9.59 Å². The van der Waals surface area contributed by atoms with Crippen molar-refractivity contribution in [2.45, 2.75) is 181 Å². The lowest BCUT2D eigenvalue weighted by Crippen LogP contribution is -2.27. The fraction of sp³-hybridized carbons (Fsp3) is 0.633. The van der Waals surface area contributed by atoms with Crippen molar-refractivity contribution in [1.29, 1.82) is 0 Å². The first kappa shape index (κ1) is 57.5. The number of rotatable bonds is 15. The molecule has 2 rings (SSSR count). The number of ether oxygens (including phenoxy) is 1. The highest BCUT2D eigenvalue weighted by molar-refractivity contribution is 5.78. The number of nitrogens with two attached hydrogens (primary N) is 2. The van der Waals surface area contributed by atoms with Crippen molar-refractivity contribution in [3.05, 3.63) is 89.1 Å². The van der Waals surface area contributed by atoms with Crippen LogP contribution in [0, 0.1) is 31.1 Å². The van der Waals surface area contributed by atoms with Crippen LogP contribution < -0.4 is 11.5 Å². The Labute approximate surface area is 336 Å². The van der Waals surface area contributed by atoms with Crippen LogP contribution in [0.15, 0.2) is 66.9 Å². The Morgan fingerprint density at radius 2 is 1.35 bits per heavy atom. The number of carbonyl (C=O) groups excluding carboxylic acids is 2. The maximum Gasteiger partial charge on any atom is 0.309 e. The summed E-state index contributed by atoms with van der Waals surface area (Å²) >= 11 is 0. The molecule has 0 amide bonds. The van der Waals surface area contributed by atoms with E-state index >= 15 is 0 Å². The number of Topliss-reactive ketones (excluding diaryl/α,β-unsaturated/α-hetero) is 1. The monoisotopic (exact) mass is 753 g/mol. The van der Waals surface area contributed by atoms with Crippen LogP contribution in [0.4, 0.5) is 0 Å². The van der Waals surface area contributed by atoms with Gasteiger partial charge in [-0.25, -0.2) is 0 Å². The topological polar surface area (TPSA) is 95.4 Å². The molecule has 0 spiro atoms. The van der Waals surface area contributed by atoms with Crippen molar-refractivity contribution in [2.75, 3.05) is 7.05 Å². The average molecular weight is 753 g/mol. The molecule has 54 heavy (non-hydrogen) atoms. The van der Waals surface area contributed by atoms with E-state index in [-0.39, 0.29) is 23.6 Å². The van der Waals surface area contributed by atoms with Crippen molar-refractivity contribution in [3.8, 4) is 0 Å². The minimum Gasteiger partial charge on any atom is -0.460 e. The number of unbranched alkanes of at least 4 members (excludes halogenated alkanes) is 1. The van der Waals surface area contributed by atoms with Crippen LogP contribution in [0.1, 0.15) is 177 Å². The molecule has 312 valence electrons. The molecule has 0 aromatic heterocycles. The van der Waals surface area contributed by atoms with Gasteiger partial charge >= 0.3 is 5.97 Å². The largest absolute Gasteiger partial charge is 0.460 e. The normalized spacial score (nSPS) is 12.7. The van der Waals surface area contributed by atoms with Crippen LogP contribution in [-0.4, -0.2) is 24.4 Å². The Morgan fingerprint density at radius 3 is 1.74 bits per heavy atom. The molecule has 2 aromatic carbocycles. The fourth-order valence-electron chi connectivity index (χ4n) is 5.63. The Balaban J connectivity index is -0.000000319. The molecule has 0 aliphatic heterocycles. The molecule has 0 bridgehead atoms. The third-order valence-electron chi connectivity index (χ3n) is 9.15. The summed E-state index contributed by atoms with van der Waals surface area (Å²) < 4.78 is 5.32. The van der Waals surface area contributed by atoms with Gasteiger partial charge in [-0.05, 0) is 140 Å². The van der Waals surface area contributed by atoms with Gasteiger partial charge in [-0.3, -0.25) is 9.59 Å². The zero-order valence-corrected chi connectivity index (χ0v) is 38.5. The highest BCUT2D eigenvalue weighted by atomic mass is 16.6. The first-order chi connectivity index (χ1) is 25.3. The Kier molecular flexibility index (Phi) is 36.6. The number of esters is 1. The third kappa shape index (κ3) is 30.2. The second kappa shape index (κ2) is 34.3. The van der Waals surface area contributed by atoms with E-state index in [1.807, 2.05) is 48.5 Å². The van der Waals surface area contributed by atoms with Crippen LogP contribution in [0.3, 0.4) is 0 Å². The van der Waals surface area contributed by atoms with E-state index in [1.165, 1.54) is 67.0 Å². The highest BCUT2D eigenvalue weighted by Gasteiger charge is 2.23. The predicted octanol–water partition coefficient (Wildman–Crippen LogP) is 13.8. The molecule has 0 aliphatic rings. The maximum atomic E-state index is 11.7. The molecule has 0 radical (unpaired) electrons. The standard InChI is InChI=1S/C16H26.C15H28O3.C12H16.C3H7N.C2H6.CH5N/c1-5-7-12-16(4,6-2)13-15-11-9-8-10-14(15)3;1-7-13(12(3)16)10-8-9-11(2)14(17)18-15(4,5)6;1-4-11(5-2)12-9-7-6-8-10(12)3;1-3(2)4;2*1-2/h8-11H,5-7,12-13H2,1-4H3;11,13H,7-10H2,1-6H3;4,6-9H,5H2,1-3H3;1,4H2,2H3;1-2H3;2H2,1H3/b;;11-4-;;;. The first-order valence-electron chi connectivity index (χ1n) is 20.8. The second-order valence-corrected chi connectivity index (χ2v) is 15.3. The molecule has 2 aromatic rings. The lowest BCUT2D eigenvalue weighted by atomic mass is 9.76. The van der Waals surface area contributed by atoms with E-state index in [1.54, 1.807) is 13.8 Å². The van der Waals surface area contributed by atoms with Crippen molar-refractivity contribution in [3.63, 3.8) is 0 Å². The summed E-state index contributed by atoms with van der Waals surface area (Å²) in [6.07, 6.45) is 13.3. The van der Waals surface area contributed by atoms with Gasteiger partial charge in [-0.2, -0.15) is 0 Å². The lowest BCUT2D eigenvalue weighted by Gasteiger charge is -2.29. The number of benzene rings is 2. The zero-order valence-electron chi connectivity index (χ0n) is 38.5. The molecule has 0 heterocycles. The lowest BCUT2D eigenvalue weighted by molar-refractivity contribution is -0.159. The first-order valence-corrected chi connectivity index (χ1v) is 20.8. The Hall–Kier alpha value is -3.18. The number of hydrogen-bond acceptors (Lipinski definition) is 5. The van der Waals surface area contributed by atoms with Gasteiger partial charge in [0, 0.05) is 5.92 Å². The Bertz CT molecular complexity index is 1270. The number of hydrogen-bond donors (Lipinski definition) is 2. The van der Waals surface area contributed by atoms with Crippen LogP contribution in [0.5, 0.6) is 0 Å². The van der Waals surface area contributed by atoms with Gasteiger partial charge in [0.1, 0.15) is 11.4 Å². The molecular weight excluding hydrogens is 665 g/mol. The SMILES string of the molecule is C/C=C(/CC)c1ccccc1C.C=C(C)N.CC.CCC(CCCC(C)C(=O)OC(C)(C)C)C(C)=O.CCCCC(C)(CC)Cc1ccccc1C.CN. The number of aryl methyl sites for hydroxylation is 2. The zero-order chi connectivity index (χ0) is 42.9. The third-order valence-corrected chi connectivity index (χ3v) is 9.15. The molecular formula is C49H88N2O3. The molecule has 3 unspecified atom stereocenters. The summed E-state index contributed by atoms with van der Waals surface area (Å²) in [5, 5.41) is 0. The summed E-state index contributed by atoms with van der Waals surface area (Å²) in [5.74, 6) is 0.172. The van der Waals surface area contributed by atoms with E-state index in [4.69, 9.17) is 10.5 Å². The molecule has 4 N–H and O–H groups in total. The molecule has 5 heteroatoms. The van der Waals surface area contributed by atoms with E-state index < -0.39 is 5.60 Å². The Morgan fingerprint density at radius 1 is 0.852 bits per heavy atom. The van der Waals surface area contributed by atoms with E-state index in [0.29, 0.717) is 11.1 Å². The van der Waals surface area contributed by atoms with Crippen molar-refractivity contribution in [1.82, 2.24) is 0 Å². The summed E-state index contributed by atoms with van der Waals surface area (Å²) in [6.45, 7) is 36.0. The van der Waals surface area contributed by atoms with Crippen LogP contribution >= 0.6 is 0 Å². The van der Waals surface area contributed by atoms with Crippen LogP contribution in [-0.2, 0) is 20.7 Å². The molecule has 0 fully saturated rings. The van der Waals surface area contributed by atoms with Gasteiger partial charge in [-0.1, -0.05) is 142 Å². The van der Waals surface area contributed by atoms with Gasteiger partial charge in [0.15, 0.2) is 0 Å². The number of allylic oxidation sites excluding steroid dienone is 3. The van der Waals surface area contributed by atoms with E-state index in [0.717, 1.165) is 32.1 Å². The average Bonchev–Trinajstić information content (AvgIpc) is 3.12. The van der Waals surface area contributed by atoms with Gasteiger partial charge in [0.2, 0.25) is 0 Å². The number of carbonyl (C=O) groups is 2. The summed E-state index contributed by atoms with van der Waals surface area (Å²) in [7, 11) is 1.50. The highest BCUT2D eigenvalue weighted by Crippen LogP contribution is 2.33. The molecule has 0 saturated carbocycles. The quantitative estimate of drug-likeness (QED) is 0.177.